The highest BCUT2D eigenvalue weighted by molar-refractivity contribution is 5.67. The van der Waals surface area contributed by atoms with Crippen molar-refractivity contribution in [3.8, 4) is 0 Å². The molecule has 1 atom stereocenters. The average Bonchev–Trinajstić information content (AvgIpc) is 2.38. The van der Waals surface area contributed by atoms with Gasteiger partial charge in [0.2, 0.25) is 0 Å². The molecule has 0 aromatic rings. The van der Waals surface area contributed by atoms with Crippen molar-refractivity contribution in [3.05, 3.63) is 0 Å². The number of ether oxygens (including phenoxy) is 1. The van der Waals surface area contributed by atoms with Gasteiger partial charge in [0.15, 0.2) is 0 Å². The summed E-state index contributed by atoms with van der Waals surface area (Å²) in [5.74, 6) is 1.54. The van der Waals surface area contributed by atoms with E-state index in [2.05, 4.69) is 12.2 Å². The molecule has 1 N–H and O–H groups in total. The smallest absolute Gasteiger partial charge is 0.410 e. The van der Waals surface area contributed by atoms with Crippen molar-refractivity contribution in [1.82, 2.24) is 10.2 Å². The lowest BCUT2D eigenvalue weighted by molar-refractivity contribution is 0.0283. The minimum atomic E-state index is -0.412. The summed E-state index contributed by atoms with van der Waals surface area (Å²) in [4.78, 5) is 13.6. The quantitative estimate of drug-likeness (QED) is 0.842. The maximum Gasteiger partial charge on any atom is 0.410 e. The van der Waals surface area contributed by atoms with Crippen LogP contribution in [-0.4, -0.2) is 43.3 Å². The molecule has 118 valence electrons. The summed E-state index contributed by atoms with van der Waals surface area (Å²) in [6.45, 7) is 11.1. The van der Waals surface area contributed by atoms with E-state index in [1.807, 2.05) is 27.8 Å². The molecule has 1 amide bonds. The number of hydrogen-bond donors (Lipinski definition) is 1. The fourth-order valence-electron chi connectivity index (χ4n) is 2.88. The van der Waals surface area contributed by atoms with Crippen molar-refractivity contribution in [2.24, 2.45) is 11.8 Å². The number of piperidine rings is 1. The second-order valence-corrected chi connectivity index (χ2v) is 6.95. The number of rotatable bonds is 5. The third-order valence-electron chi connectivity index (χ3n) is 4.12. The fourth-order valence-corrected chi connectivity index (χ4v) is 2.88. The molecule has 1 rings (SSSR count). The Labute approximate surface area is 124 Å². The van der Waals surface area contributed by atoms with E-state index in [1.54, 1.807) is 4.90 Å². The molecule has 1 saturated heterocycles. The van der Waals surface area contributed by atoms with Gasteiger partial charge in [0.25, 0.3) is 0 Å². The summed E-state index contributed by atoms with van der Waals surface area (Å²) in [7, 11) is 1.84. The van der Waals surface area contributed by atoms with Crippen LogP contribution in [0.3, 0.4) is 0 Å². The molecule has 0 spiro atoms. The minimum absolute atomic E-state index is 0.210. The zero-order chi connectivity index (χ0) is 15.2. The third kappa shape index (κ3) is 6.12. The van der Waals surface area contributed by atoms with E-state index >= 15 is 0 Å². The minimum Gasteiger partial charge on any atom is -0.444 e. The van der Waals surface area contributed by atoms with Gasteiger partial charge in [-0.1, -0.05) is 13.3 Å². The first-order valence-corrected chi connectivity index (χ1v) is 7.98. The Kier molecular flexibility index (Phi) is 6.80. The van der Waals surface area contributed by atoms with Gasteiger partial charge in [-0.15, -0.1) is 0 Å². The molecule has 20 heavy (non-hydrogen) atoms. The largest absolute Gasteiger partial charge is 0.444 e. The number of carbonyl (C=O) groups excluding carboxylic acids is 1. The van der Waals surface area contributed by atoms with Crippen LogP contribution in [0.15, 0.2) is 0 Å². The lowest BCUT2D eigenvalue weighted by atomic mass is 9.81. The van der Waals surface area contributed by atoms with Gasteiger partial charge in [0, 0.05) is 13.6 Å². The van der Waals surface area contributed by atoms with E-state index in [1.165, 1.54) is 19.3 Å². The van der Waals surface area contributed by atoms with Gasteiger partial charge in [-0.3, -0.25) is 0 Å². The Balaban J connectivity index is 2.37. The van der Waals surface area contributed by atoms with Crippen LogP contribution in [0.2, 0.25) is 0 Å². The van der Waals surface area contributed by atoms with E-state index in [9.17, 15) is 4.79 Å². The lowest BCUT2D eigenvalue weighted by Crippen LogP contribution is -2.37. The summed E-state index contributed by atoms with van der Waals surface area (Å²) in [5.41, 5.74) is -0.412. The zero-order valence-corrected chi connectivity index (χ0v) is 13.9. The highest BCUT2D eigenvalue weighted by Crippen LogP contribution is 2.27. The van der Waals surface area contributed by atoms with Crippen LogP contribution in [0.4, 0.5) is 4.79 Å². The Morgan fingerprint density at radius 2 is 1.95 bits per heavy atom. The summed E-state index contributed by atoms with van der Waals surface area (Å²) < 4.78 is 5.39. The standard InChI is InChI=1S/C16H32N2O2/c1-6-13(14-7-10-17-11-8-14)9-12-18(5)15(19)20-16(2,3)4/h13-14,17H,6-12H2,1-5H3. The lowest BCUT2D eigenvalue weighted by Gasteiger charge is -2.31. The average molecular weight is 284 g/mol. The van der Waals surface area contributed by atoms with Crippen LogP contribution in [0.5, 0.6) is 0 Å². The summed E-state index contributed by atoms with van der Waals surface area (Å²) in [5, 5.41) is 3.42. The second kappa shape index (κ2) is 7.87. The zero-order valence-electron chi connectivity index (χ0n) is 13.9. The number of hydrogen-bond acceptors (Lipinski definition) is 3. The molecular formula is C16H32N2O2. The number of carbonyl (C=O) groups is 1. The van der Waals surface area contributed by atoms with Gasteiger partial charge < -0.3 is 15.0 Å². The Morgan fingerprint density at radius 3 is 2.45 bits per heavy atom. The topological polar surface area (TPSA) is 41.6 Å². The molecule has 1 heterocycles. The maximum atomic E-state index is 11.9. The molecule has 0 radical (unpaired) electrons. The maximum absolute atomic E-state index is 11.9. The van der Waals surface area contributed by atoms with Crippen LogP contribution in [0, 0.1) is 11.8 Å². The monoisotopic (exact) mass is 284 g/mol. The predicted molar refractivity (Wildman–Crippen MR) is 82.9 cm³/mol. The molecule has 1 aliphatic heterocycles. The van der Waals surface area contributed by atoms with Gasteiger partial charge in [-0.05, 0) is 65.0 Å². The van der Waals surface area contributed by atoms with E-state index in [-0.39, 0.29) is 6.09 Å². The van der Waals surface area contributed by atoms with Crippen molar-refractivity contribution >= 4 is 6.09 Å². The molecular weight excluding hydrogens is 252 g/mol. The number of nitrogens with zero attached hydrogens (tertiary/aromatic N) is 1. The van der Waals surface area contributed by atoms with Crippen LogP contribution < -0.4 is 5.32 Å². The van der Waals surface area contributed by atoms with Crippen molar-refractivity contribution in [3.63, 3.8) is 0 Å². The highest BCUT2D eigenvalue weighted by atomic mass is 16.6. The van der Waals surface area contributed by atoms with Crippen molar-refractivity contribution in [1.29, 1.82) is 0 Å². The van der Waals surface area contributed by atoms with Gasteiger partial charge in [-0.2, -0.15) is 0 Å². The number of nitrogens with one attached hydrogen (secondary N) is 1. The van der Waals surface area contributed by atoms with E-state index < -0.39 is 5.60 Å². The highest BCUT2D eigenvalue weighted by Gasteiger charge is 2.24. The van der Waals surface area contributed by atoms with Crippen molar-refractivity contribution in [2.75, 3.05) is 26.7 Å². The predicted octanol–water partition coefficient (Wildman–Crippen LogP) is 3.27. The van der Waals surface area contributed by atoms with Crippen LogP contribution in [0.25, 0.3) is 0 Å². The first-order valence-electron chi connectivity index (χ1n) is 7.98. The van der Waals surface area contributed by atoms with E-state index in [0.717, 1.165) is 37.9 Å². The molecule has 1 fully saturated rings. The molecule has 1 aliphatic rings. The number of amides is 1. The molecule has 0 aromatic carbocycles. The van der Waals surface area contributed by atoms with Gasteiger partial charge in [0.1, 0.15) is 5.60 Å². The molecule has 0 aromatic heterocycles. The van der Waals surface area contributed by atoms with Crippen LogP contribution in [-0.2, 0) is 4.74 Å². The SMILES string of the molecule is CCC(CCN(C)C(=O)OC(C)(C)C)C1CCNCC1. The Bertz CT molecular complexity index is 293. The van der Waals surface area contributed by atoms with E-state index in [4.69, 9.17) is 4.74 Å². The molecule has 4 heteroatoms. The normalized spacial score (nSPS) is 18.6. The second-order valence-electron chi connectivity index (χ2n) is 6.95. The first-order chi connectivity index (χ1) is 9.33. The molecule has 0 bridgehead atoms. The summed E-state index contributed by atoms with van der Waals surface area (Å²) in [6.07, 6.45) is 4.62. The molecule has 4 nitrogen and oxygen atoms in total. The first kappa shape index (κ1) is 17.3. The van der Waals surface area contributed by atoms with Gasteiger partial charge in [-0.25, -0.2) is 4.79 Å². The molecule has 0 saturated carbocycles. The summed E-state index contributed by atoms with van der Waals surface area (Å²) in [6, 6.07) is 0. The van der Waals surface area contributed by atoms with Crippen LogP contribution in [0.1, 0.15) is 53.4 Å². The molecule has 0 aliphatic carbocycles. The van der Waals surface area contributed by atoms with E-state index in [0.29, 0.717) is 0 Å². The third-order valence-corrected chi connectivity index (χ3v) is 4.12. The molecule has 1 unspecified atom stereocenters. The van der Waals surface area contributed by atoms with Gasteiger partial charge in [0.05, 0.1) is 0 Å². The van der Waals surface area contributed by atoms with Gasteiger partial charge >= 0.3 is 6.09 Å². The van der Waals surface area contributed by atoms with Crippen molar-refractivity contribution < 1.29 is 9.53 Å². The Morgan fingerprint density at radius 1 is 1.35 bits per heavy atom. The van der Waals surface area contributed by atoms with Crippen molar-refractivity contribution in [2.45, 2.75) is 59.0 Å². The summed E-state index contributed by atoms with van der Waals surface area (Å²) >= 11 is 0. The Hall–Kier alpha value is -0.770. The fraction of sp³-hybridized carbons (Fsp3) is 0.938. The van der Waals surface area contributed by atoms with Crippen LogP contribution >= 0.6 is 0 Å².